The summed E-state index contributed by atoms with van der Waals surface area (Å²) < 4.78 is 11.1. The molecule has 0 fully saturated rings. The summed E-state index contributed by atoms with van der Waals surface area (Å²) in [7, 11) is 0. The number of ether oxygens (including phenoxy) is 1. The van der Waals surface area contributed by atoms with Crippen molar-refractivity contribution >= 4 is 5.97 Å². The van der Waals surface area contributed by atoms with Crippen LogP contribution in [0.4, 0.5) is 0 Å². The van der Waals surface area contributed by atoms with Crippen molar-refractivity contribution in [2.45, 2.75) is 59.0 Å². The molecule has 2 unspecified atom stereocenters. The number of aromatic nitrogens is 2. The quantitative estimate of drug-likeness (QED) is 0.790. The Kier molecular flexibility index (Phi) is 5.68. The van der Waals surface area contributed by atoms with Gasteiger partial charge >= 0.3 is 5.97 Å². The molecule has 0 saturated heterocycles. The lowest BCUT2D eigenvalue weighted by molar-refractivity contribution is -0.141. The first-order valence-electron chi connectivity index (χ1n) is 7.12. The van der Waals surface area contributed by atoms with Crippen LogP contribution in [0.1, 0.15) is 65.1 Å². The van der Waals surface area contributed by atoms with Gasteiger partial charge in [0.1, 0.15) is 5.60 Å². The Bertz CT molecular complexity index is 440. The minimum absolute atomic E-state index is 0.332. The molecular formula is C14H24N2O4. The molecule has 1 aromatic rings. The average molecular weight is 284 g/mol. The van der Waals surface area contributed by atoms with Gasteiger partial charge < -0.3 is 14.4 Å². The third-order valence-corrected chi connectivity index (χ3v) is 3.94. The van der Waals surface area contributed by atoms with Crippen molar-refractivity contribution in [1.82, 2.24) is 10.1 Å². The summed E-state index contributed by atoms with van der Waals surface area (Å²) in [5.41, 5.74) is -0.553. The highest BCUT2D eigenvalue weighted by Gasteiger charge is 2.36. The Morgan fingerprint density at radius 3 is 2.40 bits per heavy atom. The molecule has 114 valence electrons. The van der Waals surface area contributed by atoms with Crippen molar-refractivity contribution in [2.24, 2.45) is 5.92 Å². The van der Waals surface area contributed by atoms with Gasteiger partial charge in [0, 0.05) is 12.5 Å². The van der Waals surface area contributed by atoms with Crippen molar-refractivity contribution < 1.29 is 19.2 Å². The van der Waals surface area contributed by atoms with E-state index in [2.05, 4.69) is 10.1 Å². The van der Waals surface area contributed by atoms with E-state index in [0.29, 0.717) is 18.3 Å². The number of hydrogen-bond donors (Lipinski definition) is 1. The Morgan fingerprint density at radius 2 is 1.95 bits per heavy atom. The molecule has 0 radical (unpaired) electrons. The van der Waals surface area contributed by atoms with Crippen molar-refractivity contribution in [3.63, 3.8) is 0 Å². The highest BCUT2D eigenvalue weighted by atomic mass is 16.5. The minimum atomic E-state index is -0.876. The predicted molar refractivity (Wildman–Crippen MR) is 73.4 cm³/mol. The Hall–Kier alpha value is -1.43. The third kappa shape index (κ3) is 3.17. The van der Waals surface area contributed by atoms with Crippen LogP contribution >= 0.6 is 0 Å². The fraction of sp³-hybridized carbons (Fsp3) is 0.786. The third-order valence-electron chi connectivity index (χ3n) is 3.94. The second-order valence-electron chi connectivity index (χ2n) is 5.01. The lowest BCUT2D eigenvalue weighted by Gasteiger charge is -2.27. The molecule has 0 aromatic carbocycles. The lowest BCUT2D eigenvalue weighted by Crippen LogP contribution is -2.30. The zero-order chi connectivity index (χ0) is 15.3. The van der Waals surface area contributed by atoms with E-state index in [9.17, 15) is 4.79 Å². The van der Waals surface area contributed by atoms with Crippen molar-refractivity contribution in [2.75, 3.05) is 6.61 Å². The first-order valence-corrected chi connectivity index (χ1v) is 7.12. The topological polar surface area (TPSA) is 85.5 Å². The molecule has 1 rings (SSSR count). The van der Waals surface area contributed by atoms with Crippen LogP contribution in [-0.4, -0.2) is 27.8 Å². The highest BCUT2D eigenvalue weighted by molar-refractivity contribution is 5.70. The summed E-state index contributed by atoms with van der Waals surface area (Å²) in [4.78, 5) is 15.4. The fourth-order valence-electron chi connectivity index (χ4n) is 2.14. The number of hydrogen-bond acceptors (Lipinski definition) is 5. The molecule has 0 bridgehead atoms. The molecule has 0 aliphatic rings. The van der Waals surface area contributed by atoms with Gasteiger partial charge in [-0.3, -0.25) is 4.79 Å². The molecule has 0 amide bonds. The zero-order valence-corrected chi connectivity index (χ0v) is 12.8. The molecule has 0 aliphatic carbocycles. The Labute approximate surface area is 119 Å². The summed E-state index contributed by atoms with van der Waals surface area (Å²) in [6, 6.07) is 0. The second-order valence-corrected chi connectivity index (χ2v) is 5.01. The molecule has 6 nitrogen and oxygen atoms in total. The van der Waals surface area contributed by atoms with Gasteiger partial charge in [0.05, 0.1) is 5.92 Å². The van der Waals surface area contributed by atoms with Crippen LogP contribution in [0.2, 0.25) is 0 Å². The molecule has 1 N–H and O–H groups in total. The molecule has 0 saturated carbocycles. The van der Waals surface area contributed by atoms with Gasteiger partial charge in [0.2, 0.25) is 11.7 Å². The van der Waals surface area contributed by atoms with Crippen LogP contribution < -0.4 is 0 Å². The summed E-state index contributed by atoms with van der Waals surface area (Å²) >= 11 is 0. The van der Waals surface area contributed by atoms with Crippen LogP contribution in [0.5, 0.6) is 0 Å². The number of nitrogens with zero attached hydrogens (tertiary/aromatic N) is 2. The zero-order valence-electron chi connectivity index (χ0n) is 12.8. The summed E-state index contributed by atoms with van der Waals surface area (Å²) in [6.45, 7) is 9.92. The van der Waals surface area contributed by atoms with Crippen molar-refractivity contribution in [1.29, 1.82) is 0 Å². The van der Waals surface area contributed by atoms with Gasteiger partial charge in [-0.25, -0.2) is 0 Å². The first-order chi connectivity index (χ1) is 9.41. The minimum Gasteiger partial charge on any atom is -0.481 e. The standard InChI is InChI=1S/C14H24N2O4/c1-6-14(7-2,19-8-3)13-15-11(20-16-13)9(4)10(5)12(17)18/h9-10H,6-8H2,1-5H3,(H,17,18). The van der Waals surface area contributed by atoms with E-state index in [1.165, 1.54) is 0 Å². The van der Waals surface area contributed by atoms with Crippen LogP contribution in [0.15, 0.2) is 4.52 Å². The maximum Gasteiger partial charge on any atom is 0.307 e. The molecule has 0 aliphatic heterocycles. The van der Waals surface area contributed by atoms with Crippen molar-refractivity contribution in [3.8, 4) is 0 Å². The predicted octanol–water partition coefficient (Wildman–Crippen LogP) is 2.95. The van der Waals surface area contributed by atoms with Gasteiger partial charge in [0.15, 0.2) is 0 Å². The molecule has 20 heavy (non-hydrogen) atoms. The summed E-state index contributed by atoms with van der Waals surface area (Å²) in [6.07, 6.45) is 1.47. The highest BCUT2D eigenvalue weighted by Crippen LogP contribution is 2.32. The SMILES string of the molecule is CCOC(CC)(CC)c1noc(C(C)C(C)C(=O)O)n1. The Morgan fingerprint density at radius 1 is 1.35 bits per heavy atom. The number of carbonyl (C=O) groups is 1. The monoisotopic (exact) mass is 284 g/mol. The summed E-state index contributed by atoms with van der Waals surface area (Å²) in [5.74, 6) is -0.932. The molecular weight excluding hydrogens is 260 g/mol. The van der Waals surface area contributed by atoms with Gasteiger partial charge in [-0.1, -0.05) is 32.9 Å². The number of carboxylic acids is 1. The molecule has 0 spiro atoms. The molecule has 2 atom stereocenters. The van der Waals surface area contributed by atoms with Gasteiger partial charge in [0.25, 0.3) is 0 Å². The van der Waals surface area contributed by atoms with Crippen LogP contribution in [-0.2, 0) is 15.1 Å². The van der Waals surface area contributed by atoms with E-state index < -0.39 is 17.5 Å². The normalized spacial score (nSPS) is 15.1. The van der Waals surface area contributed by atoms with Crippen molar-refractivity contribution in [3.05, 3.63) is 11.7 Å². The van der Waals surface area contributed by atoms with Gasteiger partial charge in [-0.15, -0.1) is 0 Å². The lowest BCUT2D eigenvalue weighted by atomic mass is 9.95. The van der Waals surface area contributed by atoms with Crippen LogP contribution in [0.25, 0.3) is 0 Å². The number of aliphatic carboxylic acids is 1. The van der Waals surface area contributed by atoms with E-state index in [-0.39, 0.29) is 5.92 Å². The van der Waals surface area contributed by atoms with E-state index in [0.717, 1.165) is 12.8 Å². The summed E-state index contributed by atoms with van der Waals surface area (Å²) in [5, 5.41) is 13.1. The van der Waals surface area contributed by atoms with E-state index in [4.69, 9.17) is 14.4 Å². The largest absolute Gasteiger partial charge is 0.481 e. The second kappa shape index (κ2) is 6.83. The first kappa shape index (κ1) is 16.6. The molecule has 1 heterocycles. The average Bonchev–Trinajstić information content (AvgIpc) is 2.93. The van der Waals surface area contributed by atoms with Gasteiger partial charge in [-0.2, -0.15) is 4.98 Å². The van der Waals surface area contributed by atoms with Crippen LogP contribution in [0.3, 0.4) is 0 Å². The molecule has 6 heteroatoms. The van der Waals surface area contributed by atoms with Crippen LogP contribution in [0, 0.1) is 5.92 Å². The maximum absolute atomic E-state index is 11.0. The molecule has 1 aromatic heterocycles. The van der Waals surface area contributed by atoms with E-state index in [1.54, 1.807) is 13.8 Å². The number of rotatable bonds is 8. The van der Waals surface area contributed by atoms with Gasteiger partial charge in [-0.05, 0) is 19.8 Å². The fourth-order valence-corrected chi connectivity index (χ4v) is 2.14. The number of carboxylic acid groups (broad SMARTS) is 1. The van der Waals surface area contributed by atoms with E-state index in [1.807, 2.05) is 20.8 Å². The smallest absolute Gasteiger partial charge is 0.307 e. The van der Waals surface area contributed by atoms with E-state index >= 15 is 0 Å². The maximum atomic E-state index is 11.0. The Balaban J connectivity index is 3.03.